The van der Waals surface area contributed by atoms with E-state index in [4.69, 9.17) is 19.7 Å². The summed E-state index contributed by atoms with van der Waals surface area (Å²) in [5.41, 5.74) is 0. The summed E-state index contributed by atoms with van der Waals surface area (Å²) in [5, 5.41) is 23.1. The van der Waals surface area contributed by atoms with E-state index in [2.05, 4.69) is 20.6 Å². The van der Waals surface area contributed by atoms with Crippen LogP contribution in [0.25, 0.3) is 0 Å². The highest BCUT2D eigenvalue weighted by molar-refractivity contribution is 5.69. The number of nitrogens with one attached hydrogen (secondary N) is 2. The molecule has 10 heteroatoms. The van der Waals surface area contributed by atoms with E-state index in [0.717, 1.165) is 0 Å². The maximum Gasteiger partial charge on any atom is 0.329 e. The number of aliphatic carboxylic acids is 2. The van der Waals surface area contributed by atoms with E-state index in [1.54, 1.807) is 36.4 Å². The van der Waals surface area contributed by atoms with Crippen molar-refractivity contribution in [1.82, 2.24) is 20.6 Å². The molecule has 2 aromatic heterocycles. The first-order valence-corrected chi connectivity index (χ1v) is 7.58. The number of carboxylic acid groups (broad SMARTS) is 2. The van der Waals surface area contributed by atoms with Crippen LogP contribution in [0.2, 0.25) is 0 Å². The summed E-state index contributed by atoms with van der Waals surface area (Å²) < 4.78 is 11.5. The summed E-state index contributed by atoms with van der Waals surface area (Å²) >= 11 is 0. The van der Waals surface area contributed by atoms with E-state index in [9.17, 15) is 9.59 Å². The summed E-state index contributed by atoms with van der Waals surface area (Å²) in [6.07, 6.45) is 2.98. The highest BCUT2D eigenvalue weighted by Gasteiger charge is 2.36. The molecule has 0 fully saturated rings. The summed E-state index contributed by atoms with van der Waals surface area (Å²) in [7, 11) is 0. The van der Waals surface area contributed by atoms with Crippen LogP contribution >= 0.6 is 0 Å². The Labute approximate surface area is 148 Å². The van der Waals surface area contributed by atoms with Crippen LogP contribution in [-0.2, 0) is 9.59 Å². The molecule has 0 saturated heterocycles. The molecule has 0 bridgehead atoms. The zero-order valence-corrected chi connectivity index (χ0v) is 13.7. The maximum atomic E-state index is 11.0. The third kappa shape index (κ3) is 6.34. The Morgan fingerprint density at radius 1 is 0.923 bits per heavy atom. The van der Waals surface area contributed by atoms with Gasteiger partial charge in [-0.2, -0.15) is 0 Å². The van der Waals surface area contributed by atoms with Crippen LogP contribution < -0.4 is 20.1 Å². The molecule has 0 atom stereocenters. The largest absolute Gasteiger partial charge is 0.480 e. The van der Waals surface area contributed by atoms with Crippen molar-refractivity contribution in [2.45, 2.75) is 5.91 Å². The van der Waals surface area contributed by atoms with Crippen molar-refractivity contribution in [1.29, 1.82) is 0 Å². The molecular weight excluding hydrogens is 344 g/mol. The number of carboxylic acids is 2. The van der Waals surface area contributed by atoms with E-state index < -0.39 is 24.4 Å². The molecule has 2 rings (SSSR count). The summed E-state index contributed by atoms with van der Waals surface area (Å²) in [6.45, 7) is -1.08. The molecule has 4 N–H and O–H groups in total. The van der Waals surface area contributed by atoms with Crippen LogP contribution in [0.3, 0.4) is 0 Å². The van der Waals surface area contributed by atoms with Crippen molar-refractivity contribution in [3.05, 3.63) is 48.8 Å². The molecule has 0 aromatic carbocycles. The monoisotopic (exact) mass is 362 g/mol. The van der Waals surface area contributed by atoms with Crippen LogP contribution in [0, 0.1) is 0 Å². The van der Waals surface area contributed by atoms with Crippen molar-refractivity contribution < 1.29 is 29.3 Å². The van der Waals surface area contributed by atoms with Gasteiger partial charge in [-0.3, -0.25) is 14.9 Å². The minimum atomic E-state index is -1.75. The molecule has 0 unspecified atom stereocenters. The predicted octanol–water partition coefficient (Wildman–Crippen LogP) is -0.0634. The first kappa shape index (κ1) is 19.1. The van der Waals surface area contributed by atoms with Gasteiger partial charge in [-0.1, -0.05) is 12.1 Å². The highest BCUT2D eigenvalue weighted by atomic mass is 16.7. The van der Waals surface area contributed by atoms with Gasteiger partial charge in [0.05, 0.1) is 13.1 Å². The second kappa shape index (κ2) is 9.30. The maximum absolute atomic E-state index is 11.0. The number of hydrogen-bond donors (Lipinski definition) is 4. The van der Waals surface area contributed by atoms with Crippen LogP contribution in [0.5, 0.6) is 11.8 Å². The average Bonchev–Trinajstić information content (AvgIpc) is 2.61. The molecule has 0 saturated carbocycles. The second-order valence-corrected chi connectivity index (χ2v) is 5.04. The summed E-state index contributed by atoms with van der Waals surface area (Å²) in [5.74, 6) is -3.69. The van der Waals surface area contributed by atoms with E-state index in [0.29, 0.717) is 0 Å². The van der Waals surface area contributed by atoms with Crippen LogP contribution in [0.1, 0.15) is 0 Å². The van der Waals surface area contributed by atoms with Gasteiger partial charge in [-0.25, -0.2) is 15.3 Å². The smallest absolute Gasteiger partial charge is 0.329 e. The van der Waals surface area contributed by atoms with Gasteiger partial charge < -0.3 is 19.7 Å². The molecule has 138 valence electrons. The quantitative estimate of drug-likeness (QED) is 0.401. The fourth-order valence-electron chi connectivity index (χ4n) is 1.92. The van der Waals surface area contributed by atoms with Crippen LogP contribution in [-0.4, -0.2) is 57.7 Å². The lowest BCUT2D eigenvalue weighted by Crippen LogP contribution is -2.62. The topological polar surface area (TPSA) is 143 Å². The van der Waals surface area contributed by atoms with Crippen molar-refractivity contribution in [2.75, 3.05) is 19.6 Å². The molecule has 0 aliphatic rings. The molecule has 0 radical (unpaired) electrons. The van der Waals surface area contributed by atoms with Gasteiger partial charge in [-0.15, -0.1) is 0 Å². The van der Waals surface area contributed by atoms with Crippen molar-refractivity contribution >= 4 is 11.9 Å². The number of carbonyl (C=O) groups is 2. The Kier molecular flexibility index (Phi) is 6.83. The van der Waals surface area contributed by atoms with Gasteiger partial charge >= 0.3 is 17.8 Å². The lowest BCUT2D eigenvalue weighted by molar-refractivity contribution is -0.156. The van der Waals surface area contributed by atoms with Crippen molar-refractivity contribution in [3.8, 4) is 11.8 Å². The minimum absolute atomic E-state index is 0.151. The van der Waals surface area contributed by atoms with E-state index in [-0.39, 0.29) is 24.8 Å². The van der Waals surface area contributed by atoms with Gasteiger partial charge in [0, 0.05) is 24.5 Å². The third-order valence-corrected chi connectivity index (χ3v) is 2.96. The first-order chi connectivity index (χ1) is 12.5. The number of pyridine rings is 2. The molecule has 0 spiro atoms. The molecule has 26 heavy (non-hydrogen) atoms. The second-order valence-electron chi connectivity index (χ2n) is 5.04. The molecule has 0 aliphatic carbocycles. The Balaban J connectivity index is 2.28. The number of rotatable bonds is 11. The molecular formula is C16H18N4O6. The zero-order valence-electron chi connectivity index (χ0n) is 13.7. The fourth-order valence-corrected chi connectivity index (χ4v) is 1.92. The van der Waals surface area contributed by atoms with Crippen LogP contribution in [0.15, 0.2) is 48.8 Å². The van der Waals surface area contributed by atoms with E-state index >= 15 is 0 Å². The van der Waals surface area contributed by atoms with Gasteiger partial charge in [0.2, 0.25) is 11.8 Å². The summed E-state index contributed by atoms with van der Waals surface area (Å²) in [4.78, 5) is 29.8. The van der Waals surface area contributed by atoms with Gasteiger partial charge in [0.15, 0.2) is 0 Å². The van der Waals surface area contributed by atoms with E-state index in [1.807, 2.05) is 0 Å². The lowest BCUT2D eigenvalue weighted by Gasteiger charge is -2.33. The van der Waals surface area contributed by atoms with Gasteiger partial charge in [-0.05, 0) is 12.1 Å². The molecule has 0 aliphatic heterocycles. The third-order valence-electron chi connectivity index (χ3n) is 2.96. The first-order valence-electron chi connectivity index (χ1n) is 7.58. The number of ether oxygens (including phenoxy) is 2. The minimum Gasteiger partial charge on any atom is -0.480 e. The van der Waals surface area contributed by atoms with Crippen molar-refractivity contribution in [2.24, 2.45) is 0 Å². The Morgan fingerprint density at radius 3 is 1.88 bits per heavy atom. The summed E-state index contributed by atoms with van der Waals surface area (Å²) in [6, 6.07) is 9.82. The molecule has 2 aromatic rings. The van der Waals surface area contributed by atoms with Crippen LogP contribution in [0.4, 0.5) is 0 Å². The number of aromatic nitrogens is 2. The molecule has 10 nitrogen and oxygen atoms in total. The van der Waals surface area contributed by atoms with Crippen molar-refractivity contribution in [3.63, 3.8) is 0 Å². The molecule has 2 heterocycles. The zero-order chi connectivity index (χ0) is 18.8. The highest BCUT2D eigenvalue weighted by Crippen LogP contribution is 2.18. The fraction of sp³-hybridized carbons (Fsp3) is 0.250. The Hall–Kier alpha value is -3.24. The number of nitrogens with zero attached hydrogens (tertiary/aromatic N) is 2. The standard InChI is InChI=1S/C16H18N4O6/c21-14(22)9-17-11-16(20-10-15(23)24,25-12-5-1-3-7-18-12)26-13-6-2-4-8-19-13/h1-8,17,20H,9-11H2,(H,21,22)(H,23,24). The van der Waals surface area contributed by atoms with Gasteiger partial charge in [0.1, 0.15) is 6.54 Å². The lowest BCUT2D eigenvalue weighted by atomic mass is 10.4. The predicted molar refractivity (Wildman–Crippen MR) is 88.6 cm³/mol. The van der Waals surface area contributed by atoms with E-state index in [1.165, 1.54) is 12.4 Å². The SMILES string of the molecule is O=C(O)CNCC(NCC(=O)O)(Oc1ccccn1)Oc1ccccn1. The molecule has 0 amide bonds. The average molecular weight is 362 g/mol. The Bertz CT molecular complexity index is 672. The Morgan fingerprint density at radius 2 is 1.46 bits per heavy atom. The van der Waals surface area contributed by atoms with Gasteiger partial charge in [0.25, 0.3) is 0 Å². The number of hydrogen-bond acceptors (Lipinski definition) is 8. The normalized spacial score (nSPS) is 10.9.